The van der Waals surface area contributed by atoms with Crippen LogP contribution in [0.15, 0.2) is 36.4 Å². The summed E-state index contributed by atoms with van der Waals surface area (Å²) in [4.78, 5) is 33.3. The molecule has 9 nitrogen and oxygen atoms in total. The summed E-state index contributed by atoms with van der Waals surface area (Å²) in [5.74, 6) is -4.58. The van der Waals surface area contributed by atoms with Crippen molar-refractivity contribution in [2.75, 3.05) is 0 Å². The fourth-order valence-corrected chi connectivity index (χ4v) is 5.38. The number of hydrogen-bond acceptors (Lipinski definition) is 9. The Morgan fingerprint density at radius 2 is 0.527 bits per heavy atom. The minimum Gasteiger partial charge on any atom is -0.545 e. The first kappa shape index (κ1) is 51.0. The number of hydrogen-bond donors (Lipinski definition) is 3. The van der Waals surface area contributed by atoms with Crippen molar-refractivity contribution in [1.29, 1.82) is 0 Å². The first-order valence-electron chi connectivity index (χ1n) is 18.1. The first-order chi connectivity index (χ1) is 23.8. The molecular weight excluding hydrogens is 736 g/mol. The van der Waals surface area contributed by atoms with Crippen molar-refractivity contribution >= 4 is 17.9 Å². The molecule has 55 heavy (non-hydrogen) atoms. The van der Waals surface area contributed by atoms with Crippen LogP contribution in [0.3, 0.4) is 0 Å². The molecule has 303 valence electrons. The van der Waals surface area contributed by atoms with Gasteiger partial charge in [0.2, 0.25) is 0 Å². The largest absolute Gasteiger partial charge is 3.00 e. The minimum absolute atomic E-state index is 0. The molecular formula is C45H63CrO9. The number of rotatable bonds is 3. The van der Waals surface area contributed by atoms with Crippen LogP contribution in [-0.2, 0) is 49.9 Å². The summed E-state index contributed by atoms with van der Waals surface area (Å²) in [5.41, 5.74) is 2.62. The Kier molecular flexibility index (Phi) is 16.2. The van der Waals surface area contributed by atoms with Gasteiger partial charge in [-0.2, -0.15) is 0 Å². The van der Waals surface area contributed by atoms with Crippen molar-refractivity contribution in [2.45, 2.75) is 157 Å². The predicted octanol–water partition coefficient (Wildman–Crippen LogP) is 7.05. The number of phenols is 3. The van der Waals surface area contributed by atoms with E-state index in [2.05, 4.69) is 0 Å². The molecule has 3 rings (SSSR count). The zero-order valence-electron chi connectivity index (χ0n) is 36.2. The molecule has 0 aliphatic rings. The van der Waals surface area contributed by atoms with Crippen molar-refractivity contribution < 1.29 is 62.4 Å². The molecule has 0 heterocycles. The van der Waals surface area contributed by atoms with E-state index in [1.54, 1.807) is 0 Å². The molecule has 0 aliphatic heterocycles. The number of aromatic hydroxyl groups is 3. The molecule has 10 heteroatoms. The number of carboxylic acids is 3. The third-order valence-corrected chi connectivity index (χ3v) is 9.01. The van der Waals surface area contributed by atoms with Crippen molar-refractivity contribution in [3.05, 3.63) is 86.5 Å². The van der Waals surface area contributed by atoms with Gasteiger partial charge in [0.1, 0.15) is 17.2 Å². The average molecular weight is 800 g/mol. The second-order valence-corrected chi connectivity index (χ2v) is 20.1. The van der Waals surface area contributed by atoms with E-state index in [-0.39, 0.29) is 83.8 Å². The van der Waals surface area contributed by atoms with Crippen LogP contribution in [0.1, 0.15) is 189 Å². The zero-order chi connectivity index (χ0) is 42.9. The van der Waals surface area contributed by atoms with E-state index in [1.807, 2.05) is 143 Å². The second-order valence-electron chi connectivity index (χ2n) is 20.1. The van der Waals surface area contributed by atoms with Crippen molar-refractivity contribution in [2.24, 2.45) is 0 Å². The number of benzene rings is 3. The van der Waals surface area contributed by atoms with Gasteiger partial charge in [-0.3, -0.25) is 0 Å². The fourth-order valence-electron chi connectivity index (χ4n) is 5.38. The van der Waals surface area contributed by atoms with E-state index in [0.29, 0.717) is 16.7 Å². The van der Waals surface area contributed by atoms with Crippen LogP contribution < -0.4 is 15.3 Å². The number of aromatic carboxylic acids is 3. The van der Waals surface area contributed by atoms with Gasteiger partial charge in [0, 0.05) is 33.4 Å². The monoisotopic (exact) mass is 799 g/mol. The Morgan fingerprint density at radius 1 is 0.364 bits per heavy atom. The average Bonchev–Trinajstić information content (AvgIpc) is 2.94. The Morgan fingerprint density at radius 3 is 0.636 bits per heavy atom. The van der Waals surface area contributed by atoms with Crippen LogP contribution >= 0.6 is 0 Å². The second kappa shape index (κ2) is 17.4. The summed E-state index contributed by atoms with van der Waals surface area (Å²) in [5, 5.41) is 63.5. The Bertz CT molecular complexity index is 1650. The summed E-state index contributed by atoms with van der Waals surface area (Å²) in [6, 6.07) is 10.1. The quantitative estimate of drug-likeness (QED) is 0.250. The Hall–Kier alpha value is -4.00. The van der Waals surface area contributed by atoms with Gasteiger partial charge in [-0.05, 0) is 67.4 Å². The summed E-state index contributed by atoms with van der Waals surface area (Å²) in [6.07, 6.45) is 0. The van der Waals surface area contributed by atoms with Crippen LogP contribution in [-0.4, -0.2) is 33.2 Å². The molecule has 0 atom stereocenters. The van der Waals surface area contributed by atoms with Gasteiger partial charge in [-0.1, -0.05) is 143 Å². The molecule has 0 saturated carbocycles. The molecule has 0 aromatic heterocycles. The molecule has 3 N–H and O–H groups in total. The molecule has 0 amide bonds. The summed E-state index contributed by atoms with van der Waals surface area (Å²) in [6.45, 7) is 35.5. The maximum absolute atomic E-state index is 11.1. The summed E-state index contributed by atoms with van der Waals surface area (Å²) in [7, 11) is 0. The van der Waals surface area contributed by atoms with E-state index in [1.165, 1.54) is 18.2 Å². The number of carbonyl (C=O) groups is 3. The number of carbonyl (C=O) groups excluding carboxylic acids is 3. The molecule has 0 aliphatic carbocycles. The number of carboxylic acid groups (broad SMARTS) is 3. The topological polar surface area (TPSA) is 181 Å². The molecule has 3 aromatic rings. The van der Waals surface area contributed by atoms with Gasteiger partial charge >= 0.3 is 17.4 Å². The van der Waals surface area contributed by atoms with Crippen molar-refractivity contribution in [1.82, 2.24) is 0 Å². The molecule has 0 bridgehead atoms. The van der Waals surface area contributed by atoms with Crippen LogP contribution in [0.25, 0.3) is 0 Å². The van der Waals surface area contributed by atoms with E-state index in [9.17, 15) is 45.0 Å². The zero-order valence-corrected chi connectivity index (χ0v) is 37.4. The van der Waals surface area contributed by atoms with Gasteiger partial charge in [-0.15, -0.1) is 0 Å². The van der Waals surface area contributed by atoms with Crippen LogP contribution in [0, 0.1) is 0 Å². The normalized spacial score (nSPS) is 12.3. The Balaban J connectivity index is 0.000000788. The molecule has 3 aromatic carbocycles. The van der Waals surface area contributed by atoms with Crippen molar-refractivity contribution in [3.63, 3.8) is 0 Å². The summed E-state index contributed by atoms with van der Waals surface area (Å²) >= 11 is 0. The maximum Gasteiger partial charge on any atom is 3.00 e. The van der Waals surface area contributed by atoms with Crippen LogP contribution in [0.4, 0.5) is 0 Å². The Labute approximate surface area is 340 Å². The minimum atomic E-state index is -1.34. The van der Waals surface area contributed by atoms with Gasteiger partial charge in [0.05, 0.1) is 17.9 Å². The standard InChI is InChI=1S/3C15H22O3.Cr/c3*1-14(2,3)9-7-10(13(17)18)12(16)11(8-9)15(4,5)6;/h3*7-8,16H,1-6H3,(H,17,18);/q;;;+3/p-3. The van der Waals surface area contributed by atoms with Gasteiger partial charge in [-0.25, -0.2) is 0 Å². The van der Waals surface area contributed by atoms with E-state index < -0.39 is 17.9 Å². The predicted molar refractivity (Wildman–Crippen MR) is 210 cm³/mol. The van der Waals surface area contributed by atoms with E-state index in [4.69, 9.17) is 0 Å². The molecule has 0 saturated heterocycles. The van der Waals surface area contributed by atoms with Gasteiger partial charge < -0.3 is 45.0 Å². The fraction of sp³-hybridized carbons (Fsp3) is 0.533. The van der Waals surface area contributed by atoms with Crippen LogP contribution in [0.2, 0.25) is 0 Å². The van der Waals surface area contributed by atoms with Gasteiger partial charge in [0.15, 0.2) is 0 Å². The van der Waals surface area contributed by atoms with Crippen molar-refractivity contribution in [3.8, 4) is 17.2 Å². The molecule has 1 radical (unpaired) electrons. The smallest absolute Gasteiger partial charge is 0.545 e. The third kappa shape index (κ3) is 13.6. The summed E-state index contributed by atoms with van der Waals surface area (Å²) < 4.78 is 0. The van der Waals surface area contributed by atoms with E-state index >= 15 is 0 Å². The molecule has 0 fully saturated rings. The molecule has 0 spiro atoms. The van der Waals surface area contributed by atoms with Crippen LogP contribution in [0.5, 0.6) is 17.2 Å². The SMILES string of the molecule is CC(C)(C)c1cc(C(=O)[O-])c(O)c(C(C)(C)C)c1.CC(C)(C)c1cc(C(=O)[O-])c(O)c(C(C)(C)C)c1.CC(C)(C)c1cc(C(=O)[O-])c(O)c(C(C)(C)C)c1.[Cr+3]. The van der Waals surface area contributed by atoms with E-state index in [0.717, 1.165) is 16.7 Å². The molecule has 0 unspecified atom stereocenters. The maximum atomic E-state index is 11.1. The van der Waals surface area contributed by atoms with Gasteiger partial charge in [0.25, 0.3) is 0 Å². The first-order valence-corrected chi connectivity index (χ1v) is 18.1. The third-order valence-electron chi connectivity index (χ3n) is 9.01.